The molecule has 3 aromatic rings. The van der Waals surface area contributed by atoms with Crippen molar-refractivity contribution in [3.63, 3.8) is 0 Å². The molecule has 1 aliphatic rings. The fourth-order valence-electron chi connectivity index (χ4n) is 3.46. The topological polar surface area (TPSA) is 64.2 Å². The van der Waals surface area contributed by atoms with Crippen LogP contribution in [-0.4, -0.2) is 24.2 Å². The summed E-state index contributed by atoms with van der Waals surface area (Å²) in [5, 5.41) is 0.783. The number of hydrogen-bond acceptors (Lipinski definition) is 5. The lowest BCUT2D eigenvalue weighted by Gasteiger charge is -2.09. The molecule has 2 heterocycles. The van der Waals surface area contributed by atoms with Gasteiger partial charge in [0.25, 0.3) is 5.56 Å². The van der Waals surface area contributed by atoms with E-state index in [2.05, 4.69) is 4.98 Å². The van der Waals surface area contributed by atoms with Gasteiger partial charge in [-0.3, -0.25) is 4.79 Å². The second-order valence-electron chi connectivity index (χ2n) is 6.23. The van der Waals surface area contributed by atoms with Gasteiger partial charge in [-0.25, -0.2) is 4.98 Å². The van der Waals surface area contributed by atoms with Gasteiger partial charge in [-0.15, -0.1) is 11.3 Å². The zero-order chi connectivity index (χ0) is 17.4. The van der Waals surface area contributed by atoms with E-state index in [1.54, 1.807) is 25.6 Å². The van der Waals surface area contributed by atoms with Gasteiger partial charge in [0.15, 0.2) is 11.5 Å². The van der Waals surface area contributed by atoms with Crippen LogP contribution in [0, 0.1) is 0 Å². The van der Waals surface area contributed by atoms with Crippen LogP contribution in [0.5, 0.6) is 11.5 Å². The van der Waals surface area contributed by atoms with Crippen molar-refractivity contribution < 1.29 is 9.47 Å². The number of benzene rings is 1. The van der Waals surface area contributed by atoms with E-state index in [0.717, 1.165) is 35.0 Å². The first-order valence-electron chi connectivity index (χ1n) is 8.48. The predicted octanol–water partition coefficient (Wildman–Crippen LogP) is 3.94. The van der Waals surface area contributed by atoms with Crippen molar-refractivity contribution in [3.8, 4) is 22.9 Å². The molecule has 0 saturated heterocycles. The van der Waals surface area contributed by atoms with Crippen molar-refractivity contribution in [2.24, 2.45) is 0 Å². The summed E-state index contributed by atoms with van der Waals surface area (Å²) in [5.41, 5.74) is 1.97. The zero-order valence-corrected chi connectivity index (χ0v) is 15.2. The Kier molecular flexibility index (Phi) is 4.21. The number of fused-ring (bicyclic) bond motifs is 3. The van der Waals surface area contributed by atoms with E-state index in [4.69, 9.17) is 14.5 Å². The summed E-state index contributed by atoms with van der Waals surface area (Å²) in [7, 11) is 3.19. The van der Waals surface area contributed by atoms with Crippen LogP contribution in [0.4, 0.5) is 0 Å². The molecule has 25 heavy (non-hydrogen) atoms. The Morgan fingerprint density at radius 3 is 2.68 bits per heavy atom. The predicted molar refractivity (Wildman–Crippen MR) is 100 cm³/mol. The highest BCUT2D eigenvalue weighted by Crippen LogP contribution is 2.35. The SMILES string of the molecule is COc1ccc(-c2nc3sc4c(c3c(=O)[nH]2)CCCCC4)cc1OC. The average Bonchev–Trinajstić information content (AvgIpc) is 2.83. The quantitative estimate of drug-likeness (QED) is 0.722. The maximum Gasteiger partial charge on any atom is 0.260 e. The van der Waals surface area contributed by atoms with E-state index >= 15 is 0 Å². The molecule has 130 valence electrons. The molecule has 0 fully saturated rings. The molecular formula is C19H20N2O3S. The third kappa shape index (κ3) is 2.80. The van der Waals surface area contributed by atoms with E-state index in [1.165, 1.54) is 23.3 Å². The molecule has 0 amide bonds. The molecular weight excluding hydrogens is 336 g/mol. The van der Waals surface area contributed by atoms with Gasteiger partial charge in [0.2, 0.25) is 0 Å². The zero-order valence-electron chi connectivity index (χ0n) is 14.3. The largest absolute Gasteiger partial charge is 0.493 e. The summed E-state index contributed by atoms with van der Waals surface area (Å²) in [6.07, 6.45) is 5.62. The van der Waals surface area contributed by atoms with E-state index in [-0.39, 0.29) is 5.56 Å². The second-order valence-corrected chi connectivity index (χ2v) is 7.31. The smallest absolute Gasteiger partial charge is 0.260 e. The van der Waals surface area contributed by atoms with Crippen LogP contribution >= 0.6 is 11.3 Å². The van der Waals surface area contributed by atoms with Crippen molar-refractivity contribution in [1.82, 2.24) is 9.97 Å². The minimum Gasteiger partial charge on any atom is -0.493 e. The van der Waals surface area contributed by atoms with Crippen molar-refractivity contribution in [2.45, 2.75) is 32.1 Å². The highest BCUT2D eigenvalue weighted by Gasteiger charge is 2.19. The molecule has 0 bridgehead atoms. The molecule has 4 rings (SSSR count). The number of ether oxygens (including phenoxy) is 2. The fourth-order valence-corrected chi connectivity index (χ4v) is 4.72. The summed E-state index contributed by atoms with van der Waals surface area (Å²) in [6.45, 7) is 0. The Balaban J connectivity index is 1.86. The maximum absolute atomic E-state index is 12.8. The number of nitrogens with one attached hydrogen (secondary N) is 1. The Bertz CT molecular complexity index is 990. The molecule has 0 radical (unpaired) electrons. The summed E-state index contributed by atoms with van der Waals surface area (Å²) in [5.74, 6) is 1.83. The molecule has 1 N–H and O–H groups in total. The van der Waals surface area contributed by atoms with Crippen LogP contribution in [0.3, 0.4) is 0 Å². The van der Waals surface area contributed by atoms with E-state index < -0.39 is 0 Å². The van der Waals surface area contributed by atoms with Gasteiger partial charge < -0.3 is 14.5 Å². The molecule has 2 aromatic heterocycles. The molecule has 0 unspecified atom stereocenters. The van der Waals surface area contributed by atoms with Gasteiger partial charge in [-0.2, -0.15) is 0 Å². The first-order chi connectivity index (χ1) is 12.2. The third-order valence-corrected chi connectivity index (χ3v) is 5.92. The van der Waals surface area contributed by atoms with Crippen LogP contribution in [-0.2, 0) is 12.8 Å². The minimum absolute atomic E-state index is 0.0471. The summed E-state index contributed by atoms with van der Waals surface area (Å²) in [6, 6.07) is 5.54. The van der Waals surface area contributed by atoms with Crippen LogP contribution < -0.4 is 15.0 Å². The number of thiophene rings is 1. The number of aromatic nitrogens is 2. The van der Waals surface area contributed by atoms with Crippen LogP contribution in [0.15, 0.2) is 23.0 Å². The highest BCUT2D eigenvalue weighted by atomic mass is 32.1. The third-order valence-electron chi connectivity index (χ3n) is 4.73. The van der Waals surface area contributed by atoms with E-state index in [0.29, 0.717) is 17.3 Å². The highest BCUT2D eigenvalue weighted by molar-refractivity contribution is 7.18. The van der Waals surface area contributed by atoms with Crippen molar-refractivity contribution in [1.29, 1.82) is 0 Å². The van der Waals surface area contributed by atoms with E-state index in [9.17, 15) is 4.79 Å². The molecule has 0 aliphatic heterocycles. The molecule has 0 saturated carbocycles. The van der Waals surface area contributed by atoms with Crippen molar-refractivity contribution >= 4 is 21.6 Å². The van der Waals surface area contributed by atoms with Crippen molar-refractivity contribution in [2.75, 3.05) is 14.2 Å². The molecule has 1 aliphatic carbocycles. The van der Waals surface area contributed by atoms with Crippen LogP contribution in [0.2, 0.25) is 0 Å². The fraction of sp³-hybridized carbons (Fsp3) is 0.368. The molecule has 5 nitrogen and oxygen atoms in total. The first kappa shape index (κ1) is 16.1. The molecule has 6 heteroatoms. The average molecular weight is 356 g/mol. The number of aryl methyl sites for hydroxylation is 2. The van der Waals surface area contributed by atoms with Gasteiger partial charge in [-0.1, -0.05) is 6.42 Å². The number of H-pyrrole nitrogens is 1. The van der Waals surface area contributed by atoms with E-state index in [1.807, 2.05) is 18.2 Å². The van der Waals surface area contributed by atoms with Gasteiger partial charge in [0.1, 0.15) is 10.7 Å². The molecule has 0 atom stereocenters. The summed E-state index contributed by atoms with van der Waals surface area (Å²) in [4.78, 5) is 22.6. The monoisotopic (exact) mass is 356 g/mol. The van der Waals surface area contributed by atoms with Gasteiger partial charge in [0, 0.05) is 10.4 Å². The van der Waals surface area contributed by atoms with Gasteiger partial charge in [-0.05, 0) is 49.4 Å². The summed E-state index contributed by atoms with van der Waals surface area (Å²) < 4.78 is 10.6. The minimum atomic E-state index is -0.0471. The number of hydrogen-bond donors (Lipinski definition) is 1. The number of aromatic amines is 1. The van der Waals surface area contributed by atoms with Gasteiger partial charge >= 0.3 is 0 Å². The lowest BCUT2D eigenvalue weighted by atomic mass is 10.1. The lowest BCUT2D eigenvalue weighted by Crippen LogP contribution is -2.10. The Hall–Kier alpha value is -2.34. The number of nitrogens with zero attached hydrogens (tertiary/aromatic N) is 1. The Morgan fingerprint density at radius 2 is 1.88 bits per heavy atom. The van der Waals surface area contributed by atoms with Gasteiger partial charge in [0.05, 0.1) is 19.6 Å². The van der Waals surface area contributed by atoms with Crippen molar-refractivity contribution in [3.05, 3.63) is 39.0 Å². The molecule has 0 spiro atoms. The number of methoxy groups -OCH3 is 2. The Labute approximate surface area is 149 Å². The van der Waals surface area contributed by atoms with Crippen LogP contribution in [0.1, 0.15) is 29.7 Å². The van der Waals surface area contributed by atoms with Crippen LogP contribution in [0.25, 0.3) is 21.6 Å². The maximum atomic E-state index is 12.8. The Morgan fingerprint density at radius 1 is 1.08 bits per heavy atom. The lowest BCUT2D eigenvalue weighted by molar-refractivity contribution is 0.355. The summed E-state index contributed by atoms with van der Waals surface area (Å²) >= 11 is 1.67. The normalized spacial score (nSPS) is 14.2. The molecule has 1 aromatic carbocycles. The first-order valence-corrected chi connectivity index (χ1v) is 9.30. The number of rotatable bonds is 3. The second kappa shape index (κ2) is 6.52. The standard InChI is InChI=1S/C19H20N2O3S/c1-23-13-9-8-11(10-14(13)24-2)17-20-18(22)16-12-6-4-3-5-7-15(12)25-19(16)21-17/h8-10H,3-7H2,1-2H3,(H,20,21,22).